The zero-order valence-corrected chi connectivity index (χ0v) is 10.2. The molecule has 106 valence electrons. The number of alkyl halides is 3. The molecule has 0 radical (unpaired) electrons. The van der Waals surface area contributed by atoms with Crippen LogP contribution in [0, 0.1) is 0 Å². The molecule has 0 aliphatic carbocycles. The van der Waals surface area contributed by atoms with Gasteiger partial charge in [-0.2, -0.15) is 13.2 Å². The van der Waals surface area contributed by atoms with Gasteiger partial charge in [0.2, 0.25) is 0 Å². The van der Waals surface area contributed by atoms with Crippen molar-refractivity contribution in [3.63, 3.8) is 0 Å². The van der Waals surface area contributed by atoms with Crippen LogP contribution in [-0.4, -0.2) is 20.9 Å². The first-order valence-corrected chi connectivity index (χ1v) is 5.39. The minimum Gasteiger partial charge on any atom is -0.477 e. The minimum absolute atomic E-state index is 0.138. The van der Waals surface area contributed by atoms with E-state index in [1.807, 2.05) is 0 Å². The lowest BCUT2D eigenvalue weighted by molar-refractivity contribution is -0.137. The maximum atomic E-state index is 12.5. The summed E-state index contributed by atoms with van der Waals surface area (Å²) in [4.78, 5) is 10.9. The van der Waals surface area contributed by atoms with Crippen LogP contribution in [0.4, 0.5) is 13.2 Å². The van der Waals surface area contributed by atoms with E-state index in [9.17, 15) is 18.0 Å². The topological polar surface area (TPSA) is 64.4 Å². The maximum absolute atomic E-state index is 12.5. The lowest BCUT2D eigenvalue weighted by Crippen LogP contribution is -2.04. The number of hydrogen-bond donors (Lipinski definition) is 1. The van der Waals surface area contributed by atoms with Gasteiger partial charge in [0.25, 0.3) is 5.88 Å². The fourth-order valence-corrected chi connectivity index (χ4v) is 1.54. The molecule has 0 amide bonds. The Kier molecular flexibility index (Phi) is 3.39. The van der Waals surface area contributed by atoms with E-state index in [1.54, 1.807) is 0 Å². The standard InChI is InChI=1S/C12H9F3N2O3/c1-17-6-9(11(18)19)10(16-17)20-8-4-2-3-7(5-8)12(13,14)15/h2-6H,1H3,(H,18,19). The van der Waals surface area contributed by atoms with Crippen LogP contribution >= 0.6 is 0 Å². The highest BCUT2D eigenvalue weighted by atomic mass is 19.4. The summed E-state index contributed by atoms with van der Waals surface area (Å²) >= 11 is 0. The number of ether oxygens (including phenoxy) is 1. The van der Waals surface area contributed by atoms with Gasteiger partial charge in [0, 0.05) is 13.2 Å². The molecule has 0 fully saturated rings. The molecule has 1 N–H and O–H groups in total. The number of nitrogens with zero attached hydrogens (tertiary/aromatic N) is 2. The van der Waals surface area contributed by atoms with Crippen LogP contribution in [0.1, 0.15) is 15.9 Å². The number of aryl methyl sites for hydroxylation is 1. The van der Waals surface area contributed by atoms with Crippen LogP contribution in [0.15, 0.2) is 30.5 Å². The van der Waals surface area contributed by atoms with Crippen molar-refractivity contribution < 1.29 is 27.8 Å². The zero-order valence-electron chi connectivity index (χ0n) is 10.2. The molecule has 1 heterocycles. The van der Waals surface area contributed by atoms with Crippen molar-refractivity contribution in [2.24, 2.45) is 7.05 Å². The molecule has 2 rings (SSSR count). The second-order valence-corrected chi connectivity index (χ2v) is 3.95. The number of carboxylic acid groups (broad SMARTS) is 1. The average Bonchev–Trinajstić information content (AvgIpc) is 2.69. The Balaban J connectivity index is 2.33. The summed E-state index contributed by atoms with van der Waals surface area (Å²) in [5, 5.41) is 12.7. The van der Waals surface area contributed by atoms with E-state index < -0.39 is 17.7 Å². The van der Waals surface area contributed by atoms with Crippen molar-refractivity contribution in [2.75, 3.05) is 0 Å². The molecule has 5 nitrogen and oxygen atoms in total. The van der Waals surface area contributed by atoms with Gasteiger partial charge in [-0.3, -0.25) is 4.68 Å². The number of benzene rings is 1. The number of aromatic nitrogens is 2. The fraction of sp³-hybridized carbons (Fsp3) is 0.167. The molecule has 0 aliphatic heterocycles. The molecular formula is C12H9F3N2O3. The number of carbonyl (C=O) groups is 1. The highest BCUT2D eigenvalue weighted by molar-refractivity contribution is 5.90. The summed E-state index contributed by atoms with van der Waals surface area (Å²) < 4.78 is 44.0. The number of rotatable bonds is 3. The van der Waals surface area contributed by atoms with Crippen molar-refractivity contribution in [1.82, 2.24) is 9.78 Å². The maximum Gasteiger partial charge on any atom is 0.416 e. The van der Waals surface area contributed by atoms with Crippen molar-refractivity contribution in [3.8, 4) is 11.6 Å². The molecule has 20 heavy (non-hydrogen) atoms. The zero-order chi connectivity index (χ0) is 14.9. The van der Waals surface area contributed by atoms with E-state index >= 15 is 0 Å². The van der Waals surface area contributed by atoms with Gasteiger partial charge in [-0.05, 0) is 18.2 Å². The lowest BCUT2D eigenvalue weighted by atomic mass is 10.2. The van der Waals surface area contributed by atoms with E-state index in [1.165, 1.54) is 30.1 Å². The monoisotopic (exact) mass is 286 g/mol. The Bertz CT molecular complexity index is 650. The van der Waals surface area contributed by atoms with Gasteiger partial charge in [-0.1, -0.05) is 6.07 Å². The SMILES string of the molecule is Cn1cc(C(=O)O)c(Oc2cccc(C(F)(F)F)c2)n1. The number of halogens is 3. The van der Waals surface area contributed by atoms with Crippen LogP contribution in [0.3, 0.4) is 0 Å². The van der Waals surface area contributed by atoms with Crippen LogP contribution in [0.2, 0.25) is 0 Å². The summed E-state index contributed by atoms with van der Waals surface area (Å²) in [6, 6.07) is 4.13. The summed E-state index contributed by atoms with van der Waals surface area (Å²) in [5.41, 5.74) is -1.12. The van der Waals surface area contributed by atoms with E-state index in [0.29, 0.717) is 0 Å². The Labute approximate surface area is 111 Å². The van der Waals surface area contributed by atoms with E-state index in [4.69, 9.17) is 9.84 Å². The Hall–Kier alpha value is -2.51. The van der Waals surface area contributed by atoms with Gasteiger partial charge in [0.1, 0.15) is 11.3 Å². The highest BCUT2D eigenvalue weighted by Gasteiger charge is 2.30. The van der Waals surface area contributed by atoms with Gasteiger partial charge in [0.15, 0.2) is 0 Å². The number of aromatic carboxylic acids is 1. The van der Waals surface area contributed by atoms with E-state index in [0.717, 1.165) is 12.1 Å². The Morgan fingerprint density at radius 3 is 2.70 bits per heavy atom. The molecule has 2 aromatic rings. The normalized spacial score (nSPS) is 11.4. The lowest BCUT2D eigenvalue weighted by Gasteiger charge is -2.08. The fourth-order valence-electron chi connectivity index (χ4n) is 1.54. The third-order valence-corrected chi connectivity index (χ3v) is 2.40. The van der Waals surface area contributed by atoms with Crippen molar-refractivity contribution in [2.45, 2.75) is 6.18 Å². The second-order valence-electron chi connectivity index (χ2n) is 3.95. The first kappa shape index (κ1) is 13.9. The first-order chi connectivity index (χ1) is 9.27. The minimum atomic E-state index is -4.50. The van der Waals surface area contributed by atoms with Gasteiger partial charge < -0.3 is 9.84 Å². The van der Waals surface area contributed by atoms with E-state index in [2.05, 4.69) is 5.10 Å². The van der Waals surface area contributed by atoms with Crippen LogP contribution in [-0.2, 0) is 13.2 Å². The first-order valence-electron chi connectivity index (χ1n) is 5.39. The second kappa shape index (κ2) is 4.87. The predicted octanol–water partition coefficient (Wildman–Crippen LogP) is 2.93. The molecule has 0 atom stereocenters. The number of hydrogen-bond acceptors (Lipinski definition) is 3. The smallest absolute Gasteiger partial charge is 0.416 e. The van der Waals surface area contributed by atoms with E-state index in [-0.39, 0.29) is 17.2 Å². The summed E-state index contributed by atoms with van der Waals surface area (Å²) in [5.74, 6) is -1.68. The van der Waals surface area contributed by atoms with Crippen molar-refractivity contribution in [1.29, 1.82) is 0 Å². The molecule has 0 aliphatic rings. The number of carboxylic acids is 1. The quantitative estimate of drug-likeness (QED) is 0.942. The summed E-state index contributed by atoms with van der Waals surface area (Å²) in [6.45, 7) is 0. The van der Waals surface area contributed by atoms with Crippen molar-refractivity contribution in [3.05, 3.63) is 41.6 Å². The molecule has 0 bridgehead atoms. The van der Waals surface area contributed by atoms with Gasteiger partial charge in [0.05, 0.1) is 5.56 Å². The van der Waals surface area contributed by atoms with Crippen LogP contribution in [0.5, 0.6) is 11.6 Å². The van der Waals surface area contributed by atoms with Crippen LogP contribution in [0.25, 0.3) is 0 Å². The van der Waals surface area contributed by atoms with Crippen LogP contribution < -0.4 is 4.74 Å². The third-order valence-electron chi connectivity index (χ3n) is 2.40. The molecule has 0 saturated heterocycles. The average molecular weight is 286 g/mol. The van der Waals surface area contributed by atoms with Gasteiger partial charge >= 0.3 is 12.1 Å². The molecule has 0 unspecified atom stereocenters. The summed E-state index contributed by atoms with van der Waals surface area (Å²) in [6.07, 6.45) is -3.30. The molecule has 0 spiro atoms. The molecule has 8 heteroatoms. The molecule has 0 saturated carbocycles. The van der Waals surface area contributed by atoms with Crippen molar-refractivity contribution >= 4 is 5.97 Å². The molecule has 1 aromatic heterocycles. The third kappa shape index (κ3) is 2.90. The molecular weight excluding hydrogens is 277 g/mol. The molecule has 1 aromatic carbocycles. The Morgan fingerprint density at radius 1 is 1.40 bits per heavy atom. The summed E-state index contributed by atoms with van der Waals surface area (Å²) in [7, 11) is 1.48. The van der Waals surface area contributed by atoms with Gasteiger partial charge in [-0.25, -0.2) is 4.79 Å². The van der Waals surface area contributed by atoms with Gasteiger partial charge in [-0.15, -0.1) is 5.10 Å². The Morgan fingerprint density at radius 2 is 2.10 bits per heavy atom. The largest absolute Gasteiger partial charge is 0.477 e. The highest BCUT2D eigenvalue weighted by Crippen LogP contribution is 2.32. The predicted molar refractivity (Wildman–Crippen MR) is 61.7 cm³/mol.